The van der Waals surface area contributed by atoms with Crippen molar-refractivity contribution in [1.82, 2.24) is 4.98 Å². The second kappa shape index (κ2) is 4.51. The van der Waals surface area contributed by atoms with Gasteiger partial charge >= 0.3 is 5.97 Å². The van der Waals surface area contributed by atoms with Crippen LogP contribution in [-0.2, 0) is 4.79 Å². The number of fused-ring (bicyclic) bond motifs is 3. The van der Waals surface area contributed by atoms with Gasteiger partial charge in [0.25, 0.3) is 0 Å². The van der Waals surface area contributed by atoms with Crippen molar-refractivity contribution in [2.24, 2.45) is 0 Å². The van der Waals surface area contributed by atoms with Crippen LogP contribution >= 0.6 is 0 Å². The lowest BCUT2D eigenvalue weighted by atomic mass is 10.1. The third-order valence-electron chi connectivity index (χ3n) is 2.92. The normalized spacial score (nSPS) is 10.2. The number of hydrogen-bond acceptors (Lipinski definition) is 2. The molecule has 2 aromatic carbocycles. The van der Waals surface area contributed by atoms with Crippen LogP contribution in [0.2, 0.25) is 0 Å². The summed E-state index contributed by atoms with van der Waals surface area (Å²) in [5.41, 5.74) is 2.00. The van der Waals surface area contributed by atoms with Crippen LogP contribution in [0, 0.1) is 11.8 Å². The Hall–Kier alpha value is -2.73. The first-order chi connectivity index (χ1) is 9.28. The first kappa shape index (κ1) is 11.4. The van der Waals surface area contributed by atoms with Gasteiger partial charge in [0.1, 0.15) is 5.75 Å². The van der Waals surface area contributed by atoms with E-state index in [1.165, 1.54) is 0 Å². The lowest BCUT2D eigenvalue weighted by molar-refractivity contribution is -0.128. The Labute approximate surface area is 110 Å². The summed E-state index contributed by atoms with van der Waals surface area (Å²) in [5, 5.41) is 2.26. The number of hydrogen-bond donors (Lipinski definition) is 1. The van der Waals surface area contributed by atoms with Crippen molar-refractivity contribution in [2.75, 3.05) is 0 Å². The SMILES string of the molecule is CC#CC(=O)Oc1ccc2c(c1)[nH]c1ccccc12. The van der Waals surface area contributed by atoms with E-state index in [-0.39, 0.29) is 0 Å². The zero-order valence-electron chi connectivity index (χ0n) is 10.4. The van der Waals surface area contributed by atoms with Crippen molar-refractivity contribution in [1.29, 1.82) is 0 Å². The highest BCUT2D eigenvalue weighted by Crippen LogP contribution is 2.28. The van der Waals surface area contributed by atoms with Gasteiger partial charge in [-0.2, -0.15) is 0 Å². The number of carbonyl (C=O) groups excluding carboxylic acids is 1. The highest BCUT2D eigenvalue weighted by atomic mass is 16.5. The molecule has 92 valence electrons. The number of rotatable bonds is 1. The van der Waals surface area contributed by atoms with Crippen LogP contribution in [0.25, 0.3) is 21.8 Å². The maximum atomic E-state index is 11.3. The summed E-state index contributed by atoms with van der Waals surface area (Å²) in [7, 11) is 0. The van der Waals surface area contributed by atoms with Gasteiger partial charge in [-0.25, -0.2) is 4.79 Å². The molecule has 0 spiro atoms. The minimum absolute atomic E-state index is 0.492. The average molecular weight is 249 g/mol. The lowest BCUT2D eigenvalue weighted by Crippen LogP contribution is -2.03. The summed E-state index contributed by atoms with van der Waals surface area (Å²) in [6.07, 6.45) is 0. The van der Waals surface area contributed by atoms with Crippen molar-refractivity contribution in [3.05, 3.63) is 42.5 Å². The Kier molecular flexibility index (Phi) is 2.70. The number of aromatic amines is 1. The molecule has 3 heteroatoms. The van der Waals surface area contributed by atoms with Crippen LogP contribution < -0.4 is 4.74 Å². The minimum Gasteiger partial charge on any atom is -0.417 e. The number of para-hydroxylation sites is 1. The van der Waals surface area contributed by atoms with Gasteiger partial charge in [-0.05, 0) is 25.1 Å². The molecule has 0 aliphatic heterocycles. The fourth-order valence-corrected chi connectivity index (χ4v) is 2.13. The summed E-state index contributed by atoms with van der Waals surface area (Å²) in [6.45, 7) is 1.60. The zero-order chi connectivity index (χ0) is 13.2. The van der Waals surface area contributed by atoms with E-state index >= 15 is 0 Å². The van der Waals surface area contributed by atoms with Gasteiger partial charge in [0, 0.05) is 28.3 Å². The average Bonchev–Trinajstić information content (AvgIpc) is 2.76. The minimum atomic E-state index is -0.544. The Morgan fingerprint density at radius 3 is 2.74 bits per heavy atom. The monoisotopic (exact) mass is 249 g/mol. The molecule has 0 saturated heterocycles. The number of carbonyl (C=O) groups is 1. The summed E-state index contributed by atoms with van der Waals surface area (Å²) in [4.78, 5) is 14.6. The Bertz CT molecular complexity index is 834. The first-order valence-electron chi connectivity index (χ1n) is 5.93. The molecule has 1 aromatic heterocycles. The third kappa shape index (κ3) is 2.04. The van der Waals surface area contributed by atoms with Crippen LogP contribution in [0.1, 0.15) is 6.92 Å². The highest BCUT2D eigenvalue weighted by Gasteiger charge is 2.06. The molecule has 0 bridgehead atoms. The Morgan fingerprint density at radius 2 is 1.89 bits per heavy atom. The van der Waals surface area contributed by atoms with E-state index in [9.17, 15) is 4.79 Å². The van der Waals surface area contributed by atoms with E-state index in [4.69, 9.17) is 4.74 Å². The van der Waals surface area contributed by atoms with Crippen molar-refractivity contribution in [2.45, 2.75) is 6.92 Å². The predicted molar refractivity (Wildman–Crippen MR) is 74.9 cm³/mol. The molecule has 0 aliphatic carbocycles. The van der Waals surface area contributed by atoms with Gasteiger partial charge in [-0.15, -0.1) is 0 Å². The maximum absolute atomic E-state index is 11.3. The zero-order valence-corrected chi connectivity index (χ0v) is 10.4. The van der Waals surface area contributed by atoms with E-state index in [1.54, 1.807) is 13.0 Å². The van der Waals surface area contributed by atoms with Crippen LogP contribution in [-0.4, -0.2) is 11.0 Å². The van der Waals surface area contributed by atoms with Crippen LogP contribution in [0.5, 0.6) is 5.75 Å². The van der Waals surface area contributed by atoms with Gasteiger partial charge in [-0.1, -0.05) is 24.1 Å². The third-order valence-corrected chi connectivity index (χ3v) is 2.92. The molecule has 0 atom stereocenters. The fourth-order valence-electron chi connectivity index (χ4n) is 2.13. The molecule has 0 saturated carbocycles. The smallest absolute Gasteiger partial charge is 0.389 e. The summed E-state index contributed by atoms with van der Waals surface area (Å²) in [5.74, 6) is 4.81. The van der Waals surface area contributed by atoms with E-state index in [0.717, 1.165) is 21.8 Å². The molecule has 3 nitrogen and oxygen atoms in total. The molecular formula is C16H11NO2. The Balaban J connectivity index is 2.07. The van der Waals surface area contributed by atoms with Crippen LogP contribution in [0.4, 0.5) is 0 Å². The fraction of sp³-hybridized carbons (Fsp3) is 0.0625. The summed E-state index contributed by atoms with van der Waals surface area (Å²) in [6, 6.07) is 13.6. The largest absolute Gasteiger partial charge is 0.417 e. The standard InChI is InChI=1S/C16H11NO2/c1-2-5-16(18)19-11-8-9-13-12-6-3-4-7-14(12)17-15(13)10-11/h3-4,6-10,17H,1H3. The maximum Gasteiger partial charge on any atom is 0.389 e. The van der Waals surface area contributed by atoms with Gasteiger partial charge in [-0.3, -0.25) is 0 Å². The molecule has 1 N–H and O–H groups in total. The molecule has 1 heterocycles. The van der Waals surface area contributed by atoms with Gasteiger partial charge in [0.15, 0.2) is 0 Å². The number of esters is 1. The van der Waals surface area contributed by atoms with E-state index in [2.05, 4.69) is 22.9 Å². The lowest BCUT2D eigenvalue weighted by Gasteiger charge is -1.99. The van der Waals surface area contributed by atoms with Crippen molar-refractivity contribution in [3.8, 4) is 17.6 Å². The topological polar surface area (TPSA) is 42.1 Å². The number of benzene rings is 2. The van der Waals surface area contributed by atoms with E-state index in [0.29, 0.717) is 5.75 Å². The Morgan fingerprint density at radius 1 is 1.11 bits per heavy atom. The molecule has 0 radical (unpaired) electrons. The summed E-state index contributed by atoms with van der Waals surface area (Å²) < 4.78 is 5.13. The molecule has 0 aliphatic rings. The number of aromatic nitrogens is 1. The van der Waals surface area contributed by atoms with Crippen molar-refractivity contribution in [3.63, 3.8) is 0 Å². The molecule has 0 amide bonds. The van der Waals surface area contributed by atoms with E-state index < -0.39 is 5.97 Å². The number of nitrogens with one attached hydrogen (secondary N) is 1. The van der Waals surface area contributed by atoms with Crippen molar-refractivity contribution < 1.29 is 9.53 Å². The van der Waals surface area contributed by atoms with Gasteiger partial charge in [0.2, 0.25) is 0 Å². The molecule has 3 aromatic rings. The summed E-state index contributed by atoms with van der Waals surface area (Å²) >= 11 is 0. The molecule has 19 heavy (non-hydrogen) atoms. The molecule has 3 rings (SSSR count). The first-order valence-corrected chi connectivity index (χ1v) is 5.93. The second-order valence-electron chi connectivity index (χ2n) is 4.14. The molecule has 0 fully saturated rings. The van der Waals surface area contributed by atoms with Gasteiger partial charge in [0.05, 0.1) is 5.52 Å². The second-order valence-corrected chi connectivity index (χ2v) is 4.14. The highest BCUT2D eigenvalue weighted by molar-refractivity contribution is 6.07. The van der Waals surface area contributed by atoms with Crippen molar-refractivity contribution >= 4 is 27.8 Å². The predicted octanol–water partition coefficient (Wildman–Crippen LogP) is 3.25. The number of ether oxygens (including phenoxy) is 1. The van der Waals surface area contributed by atoms with E-state index in [1.807, 2.05) is 30.3 Å². The van der Waals surface area contributed by atoms with Crippen LogP contribution in [0.15, 0.2) is 42.5 Å². The quantitative estimate of drug-likeness (QED) is 0.311. The van der Waals surface area contributed by atoms with Crippen LogP contribution in [0.3, 0.4) is 0 Å². The number of H-pyrrole nitrogens is 1. The van der Waals surface area contributed by atoms with Gasteiger partial charge < -0.3 is 9.72 Å². The molecular weight excluding hydrogens is 238 g/mol. The molecule has 0 unspecified atom stereocenters.